The summed E-state index contributed by atoms with van der Waals surface area (Å²) in [5.74, 6) is 0.763. The summed E-state index contributed by atoms with van der Waals surface area (Å²) < 4.78 is 0. The van der Waals surface area contributed by atoms with Crippen molar-refractivity contribution in [2.45, 2.75) is 39.7 Å². The molecule has 1 nitrogen and oxygen atoms in total. The molecular weight excluding hydrogens is 214 g/mol. The Bertz CT molecular complexity index is 104. The molecular formula is C10H22BrN. The van der Waals surface area contributed by atoms with Crippen molar-refractivity contribution in [3.8, 4) is 0 Å². The van der Waals surface area contributed by atoms with Gasteiger partial charge in [0.15, 0.2) is 0 Å². The molecule has 0 aliphatic heterocycles. The Morgan fingerprint density at radius 3 is 2.17 bits per heavy atom. The summed E-state index contributed by atoms with van der Waals surface area (Å²) in [6.45, 7) is 8.10. The van der Waals surface area contributed by atoms with Gasteiger partial charge in [0.1, 0.15) is 0 Å². The summed E-state index contributed by atoms with van der Waals surface area (Å²) >= 11 is 3.45. The van der Waals surface area contributed by atoms with Gasteiger partial charge in [0.25, 0.3) is 0 Å². The summed E-state index contributed by atoms with van der Waals surface area (Å²) in [7, 11) is 2.22. The number of rotatable bonds is 6. The van der Waals surface area contributed by atoms with Crippen LogP contribution >= 0.6 is 15.9 Å². The minimum atomic E-state index is 0.709. The molecule has 2 heteroatoms. The Hall–Kier alpha value is 0.440. The van der Waals surface area contributed by atoms with Crippen LogP contribution in [0.4, 0.5) is 0 Å². The maximum Gasteiger partial charge on any atom is 0.00868 e. The summed E-state index contributed by atoms with van der Waals surface area (Å²) in [5.41, 5.74) is 0. The Labute approximate surface area is 85.7 Å². The van der Waals surface area contributed by atoms with Gasteiger partial charge < -0.3 is 4.90 Å². The largest absolute Gasteiger partial charge is 0.303 e. The third-order valence-corrected chi connectivity index (χ3v) is 3.12. The molecule has 0 bridgehead atoms. The number of hydrogen-bond acceptors (Lipinski definition) is 1. The van der Waals surface area contributed by atoms with Crippen LogP contribution in [0.2, 0.25) is 0 Å². The van der Waals surface area contributed by atoms with Crippen LogP contribution in [0.5, 0.6) is 0 Å². The van der Waals surface area contributed by atoms with E-state index in [-0.39, 0.29) is 0 Å². The molecule has 0 amide bonds. The molecule has 0 N–H and O–H groups in total. The van der Waals surface area contributed by atoms with Crippen molar-refractivity contribution in [3.05, 3.63) is 0 Å². The van der Waals surface area contributed by atoms with E-state index in [9.17, 15) is 0 Å². The standard InChI is InChI=1S/C10H22BrN/c1-9(2)10(3)12(4)8-6-5-7-11/h9-10H,5-8H2,1-4H3. The second kappa shape index (κ2) is 6.90. The van der Waals surface area contributed by atoms with Crippen LogP contribution in [-0.2, 0) is 0 Å². The van der Waals surface area contributed by atoms with E-state index in [1.54, 1.807) is 0 Å². The maximum absolute atomic E-state index is 3.45. The van der Waals surface area contributed by atoms with E-state index < -0.39 is 0 Å². The van der Waals surface area contributed by atoms with Gasteiger partial charge in [-0.3, -0.25) is 0 Å². The zero-order chi connectivity index (χ0) is 9.56. The highest BCUT2D eigenvalue weighted by molar-refractivity contribution is 9.09. The monoisotopic (exact) mass is 235 g/mol. The van der Waals surface area contributed by atoms with E-state index >= 15 is 0 Å². The minimum Gasteiger partial charge on any atom is -0.303 e. The van der Waals surface area contributed by atoms with Gasteiger partial charge in [-0.15, -0.1) is 0 Å². The molecule has 0 aliphatic rings. The first kappa shape index (κ1) is 12.4. The van der Waals surface area contributed by atoms with Crippen molar-refractivity contribution in [2.75, 3.05) is 18.9 Å². The SMILES string of the molecule is CC(C)C(C)N(C)CCCCBr. The second-order valence-corrected chi connectivity index (χ2v) is 4.65. The van der Waals surface area contributed by atoms with E-state index in [2.05, 4.69) is 48.6 Å². The molecule has 0 radical (unpaired) electrons. The molecule has 0 saturated heterocycles. The Kier molecular flexibility index (Phi) is 7.16. The summed E-state index contributed by atoms with van der Waals surface area (Å²) in [6, 6.07) is 0.709. The van der Waals surface area contributed by atoms with Crippen molar-refractivity contribution in [3.63, 3.8) is 0 Å². The van der Waals surface area contributed by atoms with Crippen LogP contribution in [0.15, 0.2) is 0 Å². The van der Waals surface area contributed by atoms with E-state index in [1.807, 2.05) is 0 Å². The highest BCUT2D eigenvalue weighted by atomic mass is 79.9. The molecule has 1 atom stereocenters. The lowest BCUT2D eigenvalue weighted by atomic mass is 10.1. The topological polar surface area (TPSA) is 3.24 Å². The first-order valence-corrected chi connectivity index (χ1v) is 5.98. The lowest BCUT2D eigenvalue weighted by Crippen LogP contribution is -2.33. The van der Waals surface area contributed by atoms with E-state index in [0.29, 0.717) is 6.04 Å². The van der Waals surface area contributed by atoms with Gasteiger partial charge in [-0.25, -0.2) is 0 Å². The van der Waals surface area contributed by atoms with Crippen molar-refractivity contribution in [1.29, 1.82) is 0 Å². The quantitative estimate of drug-likeness (QED) is 0.506. The lowest BCUT2D eigenvalue weighted by Gasteiger charge is -2.27. The predicted octanol–water partition coefficient (Wildman–Crippen LogP) is 3.14. The van der Waals surface area contributed by atoms with Gasteiger partial charge in [-0.05, 0) is 39.3 Å². The third-order valence-electron chi connectivity index (χ3n) is 2.55. The fourth-order valence-corrected chi connectivity index (χ4v) is 1.56. The molecule has 0 spiro atoms. The number of unbranched alkanes of at least 4 members (excludes halogenated alkanes) is 1. The molecule has 0 rings (SSSR count). The van der Waals surface area contributed by atoms with E-state index in [1.165, 1.54) is 19.4 Å². The molecule has 0 heterocycles. The second-order valence-electron chi connectivity index (χ2n) is 3.86. The number of hydrogen-bond donors (Lipinski definition) is 0. The van der Waals surface area contributed by atoms with Gasteiger partial charge >= 0.3 is 0 Å². The Balaban J connectivity index is 3.49. The first-order chi connectivity index (χ1) is 5.59. The van der Waals surface area contributed by atoms with Crippen LogP contribution in [0.25, 0.3) is 0 Å². The van der Waals surface area contributed by atoms with Crippen LogP contribution in [0.1, 0.15) is 33.6 Å². The van der Waals surface area contributed by atoms with E-state index in [4.69, 9.17) is 0 Å². The summed E-state index contributed by atoms with van der Waals surface area (Å²) in [5, 5.41) is 1.14. The Morgan fingerprint density at radius 2 is 1.75 bits per heavy atom. The third kappa shape index (κ3) is 5.15. The van der Waals surface area contributed by atoms with Crippen molar-refractivity contribution in [2.24, 2.45) is 5.92 Å². The minimum absolute atomic E-state index is 0.709. The van der Waals surface area contributed by atoms with Gasteiger partial charge in [-0.1, -0.05) is 29.8 Å². The number of alkyl halides is 1. The molecule has 0 aromatic carbocycles. The van der Waals surface area contributed by atoms with Crippen LogP contribution in [0, 0.1) is 5.92 Å². The molecule has 0 fully saturated rings. The number of halogens is 1. The normalized spacial score (nSPS) is 14.2. The maximum atomic E-state index is 3.45. The molecule has 1 unspecified atom stereocenters. The first-order valence-electron chi connectivity index (χ1n) is 4.85. The van der Waals surface area contributed by atoms with Gasteiger partial charge in [0, 0.05) is 11.4 Å². The van der Waals surface area contributed by atoms with Gasteiger partial charge in [0.2, 0.25) is 0 Å². The molecule has 74 valence electrons. The smallest absolute Gasteiger partial charge is 0.00868 e. The fraction of sp³-hybridized carbons (Fsp3) is 1.00. The highest BCUT2D eigenvalue weighted by Crippen LogP contribution is 2.08. The van der Waals surface area contributed by atoms with Crippen molar-refractivity contribution >= 4 is 15.9 Å². The molecule has 0 aliphatic carbocycles. The fourth-order valence-electron chi connectivity index (χ4n) is 1.17. The molecule has 0 saturated carbocycles. The zero-order valence-electron chi connectivity index (χ0n) is 8.81. The predicted molar refractivity (Wildman–Crippen MR) is 60.0 cm³/mol. The van der Waals surface area contributed by atoms with Gasteiger partial charge in [-0.2, -0.15) is 0 Å². The molecule has 0 aromatic rings. The van der Waals surface area contributed by atoms with Crippen LogP contribution in [-0.4, -0.2) is 29.9 Å². The average Bonchev–Trinajstić information content (AvgIpc) is 2.03. The Morgan fingerprint density at radius 1 is 1.17 bits per heavy atom. The summed E-state index contributed by atoms with van der Waals surface area (Å²) in [6.07, 6.45) is 2.59. The van der Waals surface area contributed by atoms with Gasteiger partial charge in [0.05, 0.1) is 0 Å². The summed E-state index contributed by atoms with van der Waals surface area (Å²) in [4.78, 5) is 2.45. The highest BCUT2D eigenvalue weighted by Gasteiger charge is 2.11. The molecule has 12 heavy (non-hydrogen) atoms. The zero-order valence-corrected chi connectivity index (χ0v) is 10.4. The van der Waals surface area contributed by atoms with Crippen molar-refractivity contribution in [1.82, 2.24) is 4.90 Å². The van der Waals surface area contributed by atoms with Crippen LogP contribution in [0.3, 0.4) is 0 Å². The number of nitrogens with zero attached hydrogens (tertiary/aromatic N) is 1. The molecule has 0 aromatic heterocycles. The average molecular weight is 236 g/mol. The lowest BCUT2D eigenvalue weighted by molar-refractivity contribution is 0.206. The van der Waals surface area contributed by atoms with E-state index in [0.717, 1.165) is 11.2 Å². The van der Waals surface area contributed by atoms with Crippen LogP contribution < -0.4 is 0 Å². The van der Waals surface area contributed by atoms with Crippen molar-refractivity contribution < 1.29 is 0 Å².